The van der Waals surface area contributed by atoms with Gasteiger partial charge in [-0.05, 0) is 85.9 Å². The zero-order valence-electron chi connectivity index (χ0n) is 17.7. The standard InChI is InChI=1S/C26H28N2OS/c1-17-12-13-20(16-18(17)2)27-26(29)28-15-14-22-21-10-6-7-11-23(21)30-25(22)24(28)19-8-4-3-5-9-19/h3-5,8-9,12-13,16,24H,6-7,10-11,14-15H2,1-2H3,(H,27,29)/t24-/m1/s1. The summed E-state index contributed by atoms with van der Waals surface area (Å²) in [5.74, 6) is 0. The third-order valence-electron chi connectivity index (χ3n) is 6.61. The fraction of sp³-hybridized carbons (Fsp3) is 0.346. The van der Waals surface area contributed by atoms with Crippen molar-refractivity contribution >= 4 is 23.1 Å². The Hall–Kier alpha value is -2.59. The predicted octanol–water partition coefficient (Wildman–Crippen LogP) is 6.42. The number of nitrogens with zero attached hydrogens (tertiary/aromatic N) is 1. The fourth-order valence-electron chi connectivity index (χ4n) is 4.85. The number of amides is 2. The lowest BCUT2D eigenvalue weighted by Crippen LogP contribution is -2.42. The molecule has 1 aliphatic heterocycles. The van der Waals surface area contributed by atoms with E-state index in [4.69, 9.17) is 0 Å². The highest BCUT2D eigenvalue weighted by molar-refractivity contribution is 7.12. The Morgan fingerprint density at radius 1 is 0.967 bits per heavy atom. The first-order chi connectivity index (χ1) is 14.6. The van der Waals surface area contributed by atoms with Crippen LogP contribution < -0.4 is 5.32 Å². The first-order valence-electron chi connectivity index (χ1n) is 10.9. The summed E-state index contributed by atoms with van der Waals surface area (Å²) >= 11 is 1.95. The largest absolute Gasteiger partial charge is 0.322 e. The van der Waals surface area contributed by atoms with Crippen molar-refractivity contribution in [3.63, 3.8) is 0 Å². The molecule has 0 unspecified atom stereocenters. The quantitative estimate of drug-likeness (QED) is 0.513. The molecule has 2 heterocycles. The number of thiophene rings is 1. The number of rotatable bonds is 2. The molecule has 1 aliphatic carbocycles. The molecule has 2 aromatic carbocycles. The van der Waals surface area contributed by atoms with E-state index in [9.17, 15) is 4.79 Å². The van der Waals surface area contributed by atoms with Gasteiger partial charge < -0.3 is 10.2 Å². The van der Waals surface area contributed by atoms with Gasteiger partial charge in [0.2, 0.25) is 0 Å². The lowest BCUT2D eigenvalue weighted by molar-refractivity contribution is 0.195. The molecule has 4 heteroatoms. The minimum absolute atomic E-state index is 0.00269. The van der Waals surface area contributed by atoms with Crippen LogP contribution in [0.5, 0.6) is 0 Å². The van der Waals surface area contributed by atoms with E-state index in [0.717, 1.165) is 18.7 Å². The maximum atomic E-state index is 13.4. The fourth-order valence-corrected chi connectivity index (χ4v) is 6.43. The number of benzene rings is 2. The molecule has 0 saturated heterocycles. The summed E-state index contributed by atoms with van der Waals surface area (Å²) < 4.78 is 0. The van der Waals surface area contributed by atoms with Crippen molar-refractivity contribution in [2.24, 2.45) is 0 Å². The molecule has 1 N–H and O–H groups in total. The van der Waals surface area contributed by atoms with Gasteiger partial charge in [-0.15, -0.1) is 11.3 Å². The van der Waals surface area contributed by atoms with E-state index in [1.165, 1.54) is 52.8 Å². The van der Waals surface area contributed by atoms with Crippen molar-refractivity contribution in [3.8, 4) is 0 Å². The van der Waals surface area contributed by atoms with Gasteiger partial charge in [0.05, 0.1) is 6.04 Å². The molecule has 3 aromatic rings. The molecule has 0 fully saturated rings. The molecule has 1 aromatic heterocycles. The van der Waals surface area contributed by atoms with E-state index in [1.807, 2.05) is 28.4 Å². The summed E-state index contributed by atoms with van der Waals surface area (Å²) in [5.41, 5.74) is 7.62. The van der Waals surface area contributed by atoms with Crippen molar-refractivity contribution in [1.82, 2.24) is 4.90 Å². The van der Waals surface area contributed by atoms with Crippen LogP contribution in [0, 0.1) is 13.8 Å². The lowest BCUT2D eigenvalue weighted by atomic mass is 9.88. The number of hydrogen-bond acceptors (Lipinski definition) is 2. The molecule has 154 valence electrons. The van der Waals surface area contributed by atoms with Crippen molar-refractivity contribution in [2.45, 2.75) is 52.0 Å². The monoisotopic (exact) mass is 416 g/mol. The van der Waals surface area contributed by atoms with Crippen LogP contribution in [0.2, 0.25) is 0 Å². The molecule has 5 rings (SSSR count). The van der Waals surface area contributed by atoms with Crippen LogP contribution in [-0.2, 0) is 19.3 Å². The first kappa shape index (κ1) is 19.4. The third kappa shape index (κ3) is 3.43. The van der Waals surface area contributed by atoms with Gasteiger partial charge in [0.1, 0.15) is 0 Å². The van der Waals surface area contributed by atoms with Crippen LogP contribution in [0.25, 0.3) is 0 Å². The average Bonchev–Trinajstić information content (AvgIpc) is 3.15. The van der Waals surface area contributed by atoms with Crippen molar-refractivity contribution in [1.29, 1.82) is 0 Å². The van der Waals surface area contributed by atoms with Crippen molar-refractivity contribution in [3.05, 3.63) is 86.1 Å². The second-order valence-electron chi connectivity index (χ2n) is 8.54. The number of aryl methyl sites for hydroxylation is 3. The smallest absolute Gasteiger partial charge is 0.312 e. The van der Waals surface area contributed by atoms with Gasteiger partial charge in [-0.2, -0.15) is 0 Å². The Morgan fingerprint density at radius 2 is 1.77 bits per heavy atom. The molecule has 3 nitrogen and oxygen atoms in total. The molecule has 0 spiro atoms. The van der Waals surface area contributed by atoms with E-state index in [0.29, 0.717) is 0 Å². The Balaban J connectivity index is 1.52. The van der Waals surface area contributed by atoms with Gasteiger partial charge in [0.15, 0.2) is 0 Å². The van der Waals surface area contributed by atoms with Crippen molar-refractivity contribution in [2.75, 3.05) is 11.9 Å². The van der Waals surface area contributed by atoms with Crippen LogP contribution in [0.3, 0.4) is 0 Å². The van der Waals surface area contributed by atoms with E-state index in [-0.39, 0.29) is 12.1 Å². The third-order valence-corrected chi connectivity index (χ3v) is 8.00. The maximum Gasteiger partial charge on any atom is 0.322 e. The van der Waals surface area contributed by atoms with E-state index >= 15 is 0 Å². The summed E-state index contributed by atoms with van der Waals surface area (Å²) in [6.45, 7) is 4.94. The number of nitrogens with one attached hydrogen (secondary N) is 1. The topological polar surface area (TPSA) is 32.3 Å². The summed E-state index contributed by atoms with van der Waals surface area (Å²) in [6, 6.07) is 16.6. The van der Waals surface area contributed by atoms with Gasteiger partial charge in [-0.3, -0.25) is 0 Å². The van der Waals surface area contributed by atoms with Gasteiger partial charge >= 0.3 is 6.03 Å². The highest BCUT2D eigenvalue weighted by atomic mass is 32.1. The number of hydrogen-bond donors (Lipinski definition) is 1. The molecule has 1 atom stereocenters. The molecule has 0 saturated carbocycles. The first-order valence-corrected chi connectivity index (χ1v) is 11.8. The number of urea groups is 1. The van der Waals surface area contributed by atoms with Crippen LogP contribution in [0.1, 0.15) is 56.5 Å². The number of fused-ring (bicyclic) bond motifs is 3. The van der Waals surface area contributed by atoms with Gasteiger partial charge in [-0.25, -0.2) is 4.79 Å². The number of carbonyl (C=O) groups excluding carboxylic acids is 1. The molecule has 2 amide bonds. The summed E-state index contributed by atoms with van der Waals surface area (Å²) in [7, 11) is 0. The summed E-state index contributed by atoms with van der Waals surface area (Å²) in [4.78, 5) is 18.4. The SMILES string of the molecule is Cc1ccc(NC(=O)N2CCc3c(sc4c3CCCC4)[C@H]2c2ccccc2)cc1C. The summed E-state index contributed by atoms with van der Waals surface area (Å²) in [5, 5.41) is 3.16. The molecular formula is C26H28N2OS. The second-order valence-corrected chi connectivity index (χ2v) is 9.68. The highest BCUT2D eigenvalue weighted by Gasteiger charge is 2.36. The molecule has 30 heavy (non-hydrogen) atoms. The molecule has 2 aliphatic rings. The van der Waals surface area contributed by atoms with Crippen LogP contribution in [0.15, 0.2) is 48.5 Å². The highest BCUT2D eigenvalue weighted by Crippen LogP contribution is 2.45. The lowest BCUT2D eigenvalue weighted by Gasteiger charge is -2.36. The zero-order valence-corrected chi connectivity index (χ0v) is 18.5. The molecule has 0 radical (unpaired) electrons. The average molecular weight is 417 g/mol. The van der Waals surface area contributed by atoms with Gasteiger partial charge in [0, 0.05) is 22.0 Å². The van der Waals surface area contributed by atoms with Crippen LogP contribution >= 0.6 is 11.3 Å². The van der Waals surface area contributed by atoms with E-state index < -0.39 is 0 Å². The number of carbonyl (C=O) groups is 1. The zero-order chi connectivity index (χ0) is 20.7. The second kappa shape index (κ2) is 7.92. The normalized spacial score (nSPS) is 17.9. The van der Waals surface area contributed by atoms with E-state index in [1.54, 1.807) is 10.4 Å². The Bertz CT molecular complexity index is 1090. The summed E-state index contributed by atoms with van der Waals surface area (Å²) in [6.07, 6.45) is 5.95. The van der Waals surface area contributed by atoms with Gasteiger partial charge in [-0.1, -0.05) is 36.4 Å². The van der Waals surface area contributed by atoms with Crippen molar-refractivity contribution < 1.29 is 4.79 Å². The molecular weight excluding hydrogens is 388 g/mol. The Morgan fingerprint density at radius 3 is 2.57 bits per heavy atom. The maximum absolute atomic E-state index is 13.4. The molecule has 0 bridgehead atoms. The Kier molecular flexibility index (Phi) is 5.11. The van der Waals surface area contributed by atoms with Gasteiger partial charge in [0.25, 0.3) is 0 Å². The van der Waals surface area contributed by atoms with Crippen LogP contribution in [0.4, 0.5) is 10.5 Å². The minimum Gasteiger partial charge on any atom is -0.312 e. The Labute approximate surface area is 182 Å². The minimum atomic E-state index is -0.0101. The number of anilines is 1. The predicted molar refractivity (Wildman–Crippen MR) is 125 cm³/mol. The van der Waals surface area contributed by atoms with Crippen LogP contribution in [-0.4, -0.2) is 17.5 Å². The van der Waals surface area contributed by atoms with E-state index in [2.05, 4.69) is 55.6 Å².